The van der Waals surface area contributed by atoms with Gasteiger partial charge in [-0.1, -0.05) is 23.3 Å². The van der Waals surface area contributed by atoms with Crippen LogP contribution in [0.4, 0.5) is 38.1 Å². The zero-order valence-electron chi connectivity index (χ0n) is 23.8. The third kappa shape index (κ3) is 6.86. The summed E-state index contributed by atoms with van der Waals surface area (Å²) >= 11 is 0. The topological polar surface area (TPSA) is 63.0 Å². The van der Waals surface area contributed by atoms with Crippen LogP contribution in [-0.4, -0.2) is 38.3 Å². The summed E-state index contributed by atoms with van der Waals surface area (Å²) in [5.74, 6) is 2.00. The van der Waals surface area contributed by atoms with E-state index in [9.17, 15) is 26.3 Å². The number of aromatic nitrogens is 5. The first-order chi connectivity index (χ1) is 20.3. The minimum Gasteiger partial charge on any atom is -0.356 e. The smallest absolute Gasteiger partial charge is 0.356 e. The molecular formula is C30H31F6N7. The maximum absolute atomic E-state index is 13.7. The van der Waals surface area contributed by atoms with Crippen LogP contribution in [0.15, 0.2) is 42.5 Å². The third-order valence-corrected chi connectivity index (χ3v) is 7.92. The van der Waals surface area contributed by atoms with Gasteiger partial charge in [-0.3, -0.25) is 0 Å². The number of tetrazole rings is 1. The Morgan fingerprint density at radius 1 is 0.837 bits per heavy atom. The molecular weight excluding hydrogens is 572 g/mol. The van der Waals surface area contributed by atoms with E-state index >= 15 is 0 Å². The van der Waals surface area contributed by atoms with Crippen LogP contribution < -0.4 is 9.80 Å². The normalized spacial score (nSPS) is 15.7. The van der Waals surface area contributed by atoms with Crippen molar-refractivity contribution in [3.8, 4) is 0 Å². The maximum Gasteiger partial charge on any atom is 0.416 e. The Hall–Kier alpha value is -3.90. The number of alkyl halides is 6. The summed E-state index contributed by atoms with van der Waals surface area (Å²) in [5.41, 5.74) is -0.252. The quantitative estimate of drug-likeness (QED) is 0.183. The molecule has 6 rings (SSSR count). The average Bonchev–Trinajstić information content (AvgIpc) is 3.87. The van der Waals surface area contributed by atoms with E-state index < -0.39 is 23.5 Å². The van der Waals surface area contributed by atoms with Crippen LogP contribution >= 0.6 is 0 Å². The molecule has 7 nitrogen and oxygen atoms in total. The standard InChI is InChI=1S/C30H31F6N7/c1-18-4-3-5-22-12-23(27(37-26(18)22)42(14-19-6-7-19)15-20-8-9-20)17-43(28-38-40-41(2)39-28)16-21-10-24(29(31,32)33)13-25(11-21)30(34,35)36/h3-5,10-13,19-20H,6-9,14-17H2,1-2H3. The predicted molar refractivity (Wildman–Crippen MR) is 149 cm³/mol. The third-order valence-electron chi connectivity index (χ3n) is 7.92. The number of halogens is 6. The Bertz CT molecular complexity index is 1580. The van der Waals surface area contributed by atoms with Crippen LogP contribution in [0.3, 0.4) is 0 Å². The number of pyridine rings is 1. The first-order valence-corrected chi connectivity index (χ1v) is 14.2. The molecule has 2 aliphatic rings. The van der Waals surface area contributed by atoms with Gasteiger partial charge in [-0.15, -0.1) is 5.10 Å². The van der Waals surface area contributed by atoms with E-state index in [1.54, 1.807) is 11.9 Å². The SMILES string of the molecule is Cc1cccc2cc(CN(Cc3cc(C(F)(F)F)cc(C(F)(F)F)c3)c3nnn(C)n3)c(N(CC3CC3)CC3CC3)nc12. The van der Waals surface area contributed by atoms with Crippen molar-refractivity contribution in [1.29, 1.82) is 0 Å². The number of benzene rings is 2. The molecule has 0 N–H and O–H groups in total. The number of nitrogens with zero attached hydrogens (tertiary/aromatic N) is 7. The zero-order chi connectivity index (χ0) is 30.5. The van der Waals surface area contributed by atoms with Crippen molar-refractivity contribution >= 4 is 22.7 Å². The van der Waals surface area contributed by atoms with Gasteiger partial charge >= 0.3 is 12.4 Å². The molecule has 2 fully saturated rings. The van der Waals surface area contributed by atoms with Crippen LogP contribution in [0, 0.1) is 18.8 Å². The first kappa shape index (κ1) is 29.2. The molecule has 13 heteroatoms. The zero-order valence-corrected chi connectivity index (χ0v) is 23.8. The number of para-hydroxylation sites is 1. The molecule has 0 aliphatic heterocycles. The Morgan fingerprint density at radius 3 is 2.00 bits per heavy atom. The van der Waals surface area contributed by atoms with Crippen molar-refractivity contribution in [2.75, 3.05) is 22.9 Å². The highest BCUT2D eigenvalue weighted by Gasteiger charge is 2.37. The summed E-state index contributed by atoms with van der Waals surface area (Å²) in [5, 5.41) is 13.1. The molecule has 0 unspecified atom stereocenters. The van der Waals surface area contributed by atoms with Crippen molar-refractivity contribution in [2.45, 2.75) is 58.0 Å². The molecule has 0 radical (unpaired) electrons. The van der Waals surface area contributed by atoms with Crippen LogP contribution in [0.2, 0.25) is 0 Å². The number of anilines is 2. The summed E-state index contributed by atoms with van der Waals surface area (Å²) in [6.07, 6.45) is -5.31. The van der Waals surface area contributed by atoms with E-state index in [0.717, 1.165) is 78.8 Å². The fraction of sp³-hybridized carbons (Fsp3) is 0.467. The van der Waals surface area contributed by atoms with Gasteiger partial charge in [0, 0.05) is 37.1 Å². The number of fused-ring (bicyclic) bond motifs is 1. The van der Waals surface area contributed by atoms with Crippen LogP contribution in [0.25, 0.3) is 10.9 Å². The molecule has 0 bridgehead atoms. The monoisotopic (exact) mass is 603 g/mol. The maximum atomic E-state index is 13.7. The molecule has 2 saturated carbocycles. The average molecular weight is 604 g/mol. The van der Waals surface area contributed by atoms with E-state index in [-0.39, 0.29) is 30.7 Å². The molecule has 43 heavy (non-hydrogen) atoms. The molecule has 2 aromatic carbocycles. The Morgan fingerprint density at radius 2 is 1.47 bits per heavy atom. The van der Waals surface area contributed by atoms with Gasteiger partial charge in [0.25, 0.3) is 5.95 Å². The summed E-state index contributed by atoms with van der Waals surface area (Å²) in [7, 11) is 1.54. The molecule has 2 heterocycles. The molecule has 228 valence electrons. The lowest BCUT2D eigenvalue weighted by atomic mass is 10.0. The second-order valence-electron chi connectivity index (χ2n) is 11.8. The lowest BCUT2D eigenvalue weighted by Gasteiger charge is -2.29. The number of rotatable bonds is 10. The van der Waals surface area contributed by atoms with Crippen molar-refractivity contribution in [3.05, 3.63) is 70.3 Å². The van der Waals surface area contributed by atoms with E-state index in [1.165, 1.54) is 4.80 Å². The summed E-state index contributed by atoms with van der Waals surface area (Å²) in [4.78, 5) is 10.2. The summed E-state index contributed by atoms with van der Waals surface area (Å²) in [6, 6.07) is 9.50. The van der Waals surface area contributed by atoms with E-state index in [4.69, 9.17) is 4.98 Å². The molecule has 0 atom stereocenters. The van der Waals surface area contributed by atoms with Crippen molar-refractivity contribution in [2.24, 2.45) is 18.9 Å². The molecule has 4 aromatic rings. The predicted octanol–water partition coefficient (Wildman–Crippen LogP) is 6.94. The van der Waals surface area contributed by atoms with E-state index in [1.807, 2.05) is 31.2 Å². The Kier molecular flexibility index (Phi) is 7.45. The van der Waals surface area contributed by atoms with Crippen molar-refractivity contribution < 1.29 is 26.3 Å². The summed E-state index contributed by atoms with van der Waals surface area (Å²) in [6.45, 7) is 3.48. The minimum absolute atomic E-state index is 0.0831. The number of hydrogen-bond donors (Lipinski definition) is 0. The second-order valence-corrected chi connectivity index (χ2v) is 11.8. The molecule has 2 aliphatic carbocycles. The number of hydrogen-bond acceptors (Lipinski definition) is 6. The Balaban J connectivity index is 1.44. The van der Waals surface area contributed by atoms with E-state index in [2.05, 4.69) is 20.3 Å². The van der Waals surface area contributed by atoms with Gasteiger partial charge in [0.05, 0.1) is 23.7 Å². The first-order valence-electron chi connectivity index (χ1n) is 14.2. The second kappa shape index (κ2) is 11.0. The molecule has 0 amide bonds. The fourth-order valence-corrected chi connectivity index (χ4v) is 5.38. The number of aryl methyl sites for hydroxylation is 2. The van der Waals surface area contributed by atoms with E-state index in [0.29, 0.717) is 11.8 Å². The lowest BCUT2D eigenvalue weighted by Crippen LogP contribution is -2.32. The lowest BCUT2D eigenvalue weighted by molar-refractivity contribution is -0.143. The van der Waals surface area contributed by atoms with Gasteiger partial charge in [-0.05, 0) is 85.0 Å². The van der Waals surface area contributed by atoms with Gasteiger partial charge in [0.15, 0.2) is 0 Å². The summed E-state index contributed by atoms with van der Waals surface area (Å²) < 4.78 is 81.9. The van der Waals surface area contributed by atoms with Gasteiger partial charge in [0.1, 0.15) is 5.82 Å². The van der Waals surface area contributed by atoms with Crippen molar-refractivity contribution in [1.82, 2.24) is 25.2 Å². The van der Waals surface area contributed by atoms with Crippen LogP contribution in [-0.2, 0) is 32.5 Å². The Labute approximate surface area is 244 Å². The fourth-order valence-electron chi connectivity index (χ4n) is 5.38. The highest BCUT2D eigenvalue weighted by atomic mass is 19.4. The largest absolute Gasteiger partial charge is 0.416 e. The molecule has 2 aromatic heterocycles. The molecule has 0 spiro atoms. The molecule has 0 saturated heterocycles. The van der Waals surface area contributed by atoms with Gasteiger partial charge in [-0.25, -0.2) is 4.98 Å². The minimum atomic E-state index is -4.95. The highest BCUT2D eigenvalue weighted by Crippen LogP contribution is 2.39. The van der Waals surface area contributed by atoms with Crippen LogP contribution in [0.1, 0.15) is 53.5 Å². The van der Waals surface area contributed by atoms with Crippen LogP contribution in [0.5, 0.6) is 0 Å². The van der Waals surface area contributed by atoms with Gasteiger partial charge < -0.3 is 9.80 Å². The van der Waals surface area contributed by atoms with Crippen molar-refractivity contribution in [3.63, 3.8) is 0 Å². The van der Waals surface area contributed by atoms with Gasteiger partial charge in [0.2, 0.25) is 0 Å². The van der Waals surface area contributed by atoms with Gasteiger partial charge in [-0.2, -0.15) is 31.1 Å². The highest BCUT2D eigenvalue weighted by molar-refractivity contribution is 5.84.